The zero-order chi connectivity index (χ0) is 23.2. The molecule has 0 spiro atoms. The number of nitrogens with zero attached hydrogens (tertiary/aromatic N) is 2. The molecule has 0 saturated carbocycles. The monoisotopic (exact) mass is 518 g/mol. The van der Waals surface area contributed by atoms with E-state index in [1.54, 1.807) is 38.3 Å². The molecule has 1 aliphatic rings. The van der Waals surface area contributed by atoms with Gasteiger partial charge in [-0.2, -0.15) is 0 Å². The fourth-order valence-electron chi connectivity index (χ4n) is 4.01. The summed E-state index contributed by atoms with van der Waals surface area (Å²) in [5.41, 5.74) is 1.85. The van der Waals surface area contributed by atoms with Crippen LogP contribution in [0.3, 0.4) is 0 Å². The van der Waals surface area contributed by atoms with E-state index >= 15 is 0 Å². The standard InChI is InChI=1S/C23H17BrClFN2O4/c1-12-17(24)10-19(28(30)31)21-20(12)23(29)27(11-13-3-6-15(32-2)7-4-13)22(21)16-9-14(26)5-8-18(16)25/h3-10,22H,11H2,1-2H3. The summed E-state index contributed by atoms with van der Waals surface area (Å²) in [6.45, 7) is 1.86. The predicted molar refractivity (Wildman–Crippen MR) is 122 cm³/mol. The van der Waals surface area contributed by atoms with Gasteiger partial charge in [0.05, 0.1) is 29.2 Å². The number of ether oxygens (including phenoxy) is 1. The molecule has 4 rings (SSSR count). The molecule has 9 heteroatoms. The fourth-order valence-corrected chi connectivity index (χ4v) is 4.65. The van der Waals surface area contributed by atoms with Crippen LogP contribution in [-0.4, -0.2) is 22.8 Å². The second-order valence-electron chi connectivity index (χ2n) is 7.40. The number of carbonyl (C=O) groups is 1. The molecule has 0 fully saturated rings. The van der Waals surface area contributed by atoms with Gasteiger partial charge in [0.15, 0.2) is 0 Å². The lowest BCUT2D eigenvalue weighted by molar-refractivity contribution is -0.385. The van der Waals surface area contributed by atoms with Crippen LogP contribution in [0.1, 0.15) is 38.7 Å². The van der Waals surface area contributed by atoms with Crippen molar-refractivity contribution >= 4 is 39.1 Å². The molecule has 1 unspecified atom stereocenters. The van der Waals surface area contributed by atoms with Crippen LogP contribution in [0.5, 0.6) is 5.75 Å². The van der Waals surface area contributed by atoms with E-state index in [9.17, 15) is 19.3 Å². The average Bonchev–Trinajstić information content (AvgIpc) is 3.05. The second-order valence-corrected chi connectivity index (χ2v) is 8.66. The molecule has 1 heterocycles. The lowest BCUT2D eigenvalue weighted by atomic mass is 9.93. The highest BCUT2D eigenvalue weighted by molar-refractivity contribution is 9.10. The van der Waals surface area contributed by atoms with Crippen LogP contribution >= 0.6 is 27.5 Å². The van der Waals surface area contributed by atoms with Crippen molar-refractivity contribution in [2.75, 3.05) is 7.11 Å². The van der Waals surface area contributed by atoms with Crippen LogP contribution in [0.4, 0.5) is 10.1 Å². The molecule has 6 nitrogen and oxygen atoms in total. The number of amides is 1. The molecule has 1 atom stereocenters. The van der Waals surface area contributed by atoms with E-state index in [1.165, 1.54) is 29.2 Å². The van der Waals surface area contributed by atoms with Crippen LogP contribution in [0.25, 0.3) is 0 Å². The third-order valence-electron chi connectivity index (χ3n) is 5.56. The van der Waals surface area contributed by atoms with E-state index < -0.39 is 16.8 Å². The third kappa shape index (κ3) is 3.73. The van der Waals surface area contributed by atoms with Crippen molar-refractivity contribution in [3.63, 3.8) is 0 Å². The molecular formula is C23H17BrClFN2O4. The topological polar surface area (TPSA) is 72.7 Å². The molecule has 0 N–H and O–H groups in total. The van der Waals surface area contributed by atoms with E-state index in [0.717, 1.165) is 5.56 Å². The molecule has 1 amide bonds. The van der Waals surface area contributed by atoms with Gasteiger partial charge in [0, 0.05) is 27.7 Å². The molecule has 0 radical (unpaired) electrons. The summed E-state index contributed by atoms with van der Waals surface area (Å²) in [6, 6.07) is 11.4. The molecular weight excluding hydrogens is 503 g/mol. The van der Waals surface area contributed by atoms with E-state index in [0.29, 0.717) is 15.8 Å². The maximum Gasteiger partial charge on any atom is 0.276 e. The van der Waals surface area contributed by atoms with Crippen molar-refractivity contribution in [2.24, 2.45) is 0 Å². The van der Waals surface area contributed by atoms with E-state index in [1.807, 2.05) is 0 Å². The number of rotatable bonds is 5. The summed E-state index contributed by atoms with van der Waals surface area (Å²) >= 11 is 9.73. The van der Waals surface area contributed by atoms with Crippen LogP contribution in [0, 0.1) is 22.9 Å². The molecule has 0 aliphatic carbocycles. The lowest BCUT2D eigenvalue weighted by Gasteiger charge is -2.26. The predicted octanol–water partition coefficient (Wildman–Crippen LogP) is 6.21. The Balaban J connectivity index is 1.94. The Bertz CT molecular complexity index is 1250. The first-order valence-electron chi connectivity index (χ1n) is 9.59. The van der Waals surface area contributed by atoms with Gasteiger partial charge in [-0.05, 0) is 48.4 Å². The summed E-state index contributed by atoms with van der Waals surface area (Å²) < 4.78 is 19.8. The summed E-state index contributed by atoms with van der Waals surface area (Å²) in [5, 5.41) is 12.1. The summed E-state index contributed by atoms with van der Waals surface area (Å²) in [7, 11) is 1.55. The number of nitro groups is 1. The first-order valence-corrected chi connectivity index (χ1v) is 10.8. The van der Waals surface area contributed by atoms with Crippen molar-refractivity contribution in [1.29, 1.82) is 0 Å². The number of fused-ring (bicyclic) bond motifs is 1. The zero-order valence-electron chi connectivity index (χ0n) is 17.1. The quantitative estimate of drug-likeness (QED) is 0.297. The fraction of sp³-hybridized carbons (Fsp3) is 0.174. The number of nitro benzene ring substituents is 1. The Kier molecular flexibility index (Phi) is 5.92. The molecule has 32 heavy (non-hydrogen) atoms. The minimum Gasteiger partial charge on any atom is -0.497 e. The highest BCUT2D eigenvalue weighted by Crippen LogP contribution is 2.48. The van der Waals surface area contributed by atoms with Crippen LogP contribution < -0.4 is 4.74 Å². The lowest BCUT2D eigenvalue weighted by Crippen LogP contribution is -2.28. The first kappa shape index (κ1) is 22.2. The van der Waals surface area contributed by atoms with Gasteiger partial charge in [0.1, 0.15) is 11.6 Å². The SMILES string of the molecule is COc1ccc(CN2C(=O)c3c(C)c(Br)cc([N+](=O)[O-])c3C2c2cc(F)ccc2Cl)cc1. The van der Waals surface area contributed by atoms with Gasteiger partial charge in [0.25, 0.3) is 11.6 Å². The molecule has 3 aromatic rings. The smallest absolute Gasteiger partial charge is 0.276 e. The Labute approximate surface area is 196 Å². The second kappa shape index (κ2) is 8.52. The summed E-state index contributed by atoms with van der Waals surface area (Å²) in [6.07, 6.45) is 0. The maximum absolute atomic E-state index is 14.2. The molecule has 1 aliphatic heterocycles. The van der Waals surface area contributed by atoms with E-state index in [4.69, 9.17) is 16.3 Å². The Morgan fingerprint density at radius 2 is 1.91 bits per heavy atom. The van der Waals surface area contributed by atoms with Crippen molar-refractivity contribution in [3.05, 3.63) is 102 Å². The van der Waals surface area contributed by atoms with Crippen molar-refractivity contribution in [3.8, 4) is 5.75 Å². The molecule has 0 aromatic heterocycles. The minimum absolute atomic E-state index is 0.142. The van der Waals surface area contributed by atoms with Crippen molar-refractivity contribution < 1.29 is 18.8 Å². The van der Waals surface area contributed by atoms with Gasteiger partial charge in [-0.1, -0.05) is 39.7 Å². The van der Waals surface area contributed by atoms with Crippen LogP contribution in [0.15, 0.2) is 53.0 Å². The van der Waals surface area contributed by atoms with Crippen molar-refractivity contribution in [2.45, 2.75) is 19.5 Å². The number of halogens is 3. The summed E-state index contributed by atoms with van der Waals surface area (Å²) in [5.74, 6) is -0.279. The van der Waals surface area contributed by atoms with Gasteiger partial charge >= 0.3 is 0 Å². The highest BCUT2D eigenvalue weighted by Gasteiger charge is 2.45. The van der Waals surface area contributed by atoms with Crippen LogP contribution in [-0.2, 0) is 6.54 Å². The molecule has 0 saturated heterocycles. The Morgan fingerprint density at radius 1 is 1.22 bits per heavy atom. The number of hydrogen-bond acceptors (Lipinski definition) is 4. The third-order valence-corrected chi connectivity index (χ3v) is 6.73. The molecule has 3 aromatic carbocycles. The molecule has 0 bridgehead atoms. The Hall–Kier alpha value is -2.97. The number of hydrogen-bond donors (Lipinski definition) is 0. The number of carbonyl (C=O) groups excluding carboxylic acids is 1. The largest absolute Gasteiger partial charge is 0.497 e. The van der Waals surface area contributed by atoms with Gasteiger partial charge in [-0.15, -0.1) is 0 Å². The molecule has 164 valence electrons. The van der Waals surface area contributed by atoms with Gasteiger partial charge in [-0.3, -0.25) is 14.9 Å². The van der Waals surface area contributed by atoms with Gasteiger partial charge < -0.3 is 9.64 Å². The van der Waals surface area contributed by atoms with Gasteiger partial charge in [-0.25, -0.2) is 4.39 Å². The van der Waals surface area contributed by atoms with Crippen LogP contribution in [0.2, 0.25) is 5.02 Å². The minimum atomic E-state index is -0.921. The first-order chi connectivity index (χ1) is 15.2. The summed E-state index contributed by atoms with van der Waals surface area (Å²) in [4.78, 5) is 26.5. The van der Waals surface area contributed by atoms with E-state index in [2.05, 4.69) is 15.9 Å². The van der Waals surface area contributed by atoms with Crippen molar-refractivity contribution in [1.82, 2.24) is 4.90 Å². The maximum atomic E-state index is 14.2. The van der Waals surface area contributed by atoms with E-state index in [-0.39, 0.29) is 39.9 Å². The highest BCUT2D eigenvalue weighted by atomic mass is 79.9. The average molecular weight is 520 g/mol. The Morgan fingerprint density at radius 3 is 2.53 bits per heavy atom. The number of methoxy groups -OCH3 is 1. The normalized spacial score (nSPS) is 15.1. The number of benzene rings is 3. The zero-order valence-corrected chi connectivity index (χ0v) is 19.4. The van der Waals surface area contributed by atoms with Gasteiger partial charge in [0.2, 0.25) is 0 Å².